The first-order chi connectivity index (χ1) is 14.8. The number of nitrogens with zero attached hydrogens (tertiary/aromatic N) is 1. The van der Waals surface area contributed by atoms with Crippen LogP contribution in [-0.2, 0) is 10.2 Å². The molecule has 0 N–H and O–H groups in total. The van der Waals surface area contributed by atoms with Gasteiger partial charge < -0.3 is 9.47 Å². The summed E-state index contributed by atoms with van der Waals surface area (Å²) in [6, 6.07) is 11.5. The van der Waals surface area contributed by atoms with Crippen molar-refractivity contribution in [3.63, 3.8) is 0 Å². The second kappa shape index (κ2) is 9.23. The standard InChI is InChI=1S/C26H32FNO3/c1-6-24(29)26(14-16-28(17-15-26)25(3,4)7-2)22-13-12-21(30-5)18-23(22)31-20-10-8-19(27)9-11-20/h7-13,18H,2,6,14-17H2,1,3-5H3. The second-order valence-electron chi connectivity index (χ2n) is 8.62. The Morgan fingerprint density at radius 1 is 1.16 bits per heavy atom. The van der Waals surface area contributed by atoms with Gasteiger partial charge in [-0.3, -0.25) is 9.69 Å². The summed E-state index contributed by atoms with van der Waals surface area (Å²) in [5, 5.41) is 0. The van der Waals surface area contributed by atoms with Crippen molar-refractivity contribution in [2.24, 2.45) is 0 Å². The predicted molar refractivity (Wildman–Crippen MR) is 122 cm³/mol. The fourth-order valence-electron chi connectivity index (χ4n) is 4.37. The Morgan fingerprint density at radius 3 is 2.32 bits per heavy atom. The van der Waals surface area contributed by atoms with Gasteiger partial charge in [0.1, 0.15) is 28.8 Å². The van der Waals surface area contributed by atoms with Crippen LogP contribution in [0.25, 0.3) is 0 Å². The molecule has 31 heavy (non-hydrogen) atoms. The fraction of sp³-hybridized carbons (Fsp3) is 0.423. The van der Waals surface area contributed by atoms with Gasteiger partial charge >= 0.3 is 0 Å². The van der Waals surface area contributed by atoms with Crippen LogP contribution < -0.4 is 9.47 Å². The van der Waals surface area contributed by atoms with Crippen LogP contribution in [0.2, 0.25) is 0 Å². The number of likely N-dealkylation sites (tertiary alicyclic amines) is 1. The molecular weight excluding hydrogens is 393 g/mol. The predicted octanol–water partition coefficient (Wildman–Crippen LogP) is 5.90. The maximum atomic E-state index is 13.4. The third-order valence-corrected chi connectivity index (χ3v) is 6.53. The lowest BCUT2D eigenvalue weighted by atomic mass is 9.68. The number of ether oxygens (including phenoxy) is 2. The van der Waals surface area contributed by atoms with Gasteiger partial charge in [-0.25, -0.2) is 4.39 Å². The molecule has 1 heterocycles. The summed E-state index contributed by atoms with van der Waals surface area (Å²) in [5.41, 5.74) is 0.0966. The highest BCUT2D eigenvalue weighted by Crippen LogP contribution is 2.45. The van der Waals surface area contributed by atoms with Crippen LogP contribution in [0.1, 0.15) is 45.6 Å². The number of hydrogen-bond acceptors (Lipinski definition) is 4. The minimum atomic E-state index is -0.635. The van der Waals surface area contributed by atoms with E-state index in [-0.39, 0.29) is 17.1 Å². The number of benzene rings is 2. The Morgan fingerprint density at radius 2 is 1.77 bits per heavy atom. The zero-order valence-corrected chi connectivity index (χ0v) is 18.9. The van der Waals surface area contributed by atoms with Crippen molar-refractivity contribution < 1.29 is 18.7 Å². The average molecular weight is 426 g/mol. The molecule has 0 atom stereocenters. The molecule has 0 bridgehead atoms. The SMILES string of the molecule is C=CC(C)(C)N1CCC(C(=O)CC)(c2ccc(OC)cc2Oc2ccc(F)cc2)CC1. The van der Waals surface area contributed by atoms with Gasteiger partial charge in [0.15, 0.2) is 0 Å². The van der Waals surface area contributed by atoms with Gasteiger partial charge in [0.2, 0.25) is 0 Å². The number of carbonyl (C=O) groups excluding carboxylic acids is 1. The maximum Gasteiger partial charge on any atom is 0.143 e. The number of hydrogen-bond donors (Lipinski definition) is 0. The van der Waals surface area contributed by atoms with Gasteiger partial charge in [0.25, 0.3) is 0 Å². The van der Waals surface area contributed by atoms with Crippen molar-refractivity contribution in [2.45, 2.75) is 51.0 Å². The molecule has 1 aliphatic heterocycles. The number of Topliss-reactive ketones (excluding diaryl/α,β-unsaturated/α-hetero) is 1. The molecule has 0 saturated carbocycles. The number of ketones is 1. The lowest BCUT2D eigenvalue weighted by molar-refractivity contribution is -0.126. The first-order valence-electron chi connectivity index (χ1n) is 10.8. The van der Waals surface area contributed by atoms with E-state index in [1.54, 1.807) is 19.2 Å². The summed E-state index contributed by atoms with van der Waals surface area (Å²) in [6.07, 6.45) is 3.80. The highest BCUT2D eigenvalue weighted by molar-refractivity contribution is 5.91. The number of rotatable bonds is 8. The van der Waals surface area contributed by atoms with Gasteiger partial charge in [-0.2, -0.15) is 0 Å². The molecule has 0 amide bonds. The molecule has 0 aliphatic carbocycles. The van der Waals surface area contributed by atoms with Crippen molar-refractivity contribution in [3.05, 3.63) is 66.5 Å². The zero-order valence-electron chi connectivity index (χ0n) is 18.9. The molecule has 5 heteroatoms. The normalized spacial score (nSPS) is 16.5. The topological polar surface area (TPSA) is 38.8 Å². The minimum absolute atomic E-state index is 0.130. The van der Waals surface area contributed by atoms with E-state index < -0.39 is 5.41 Å². The maximum absolute atomic E-state index is 13.4. The monoisotopic (exact) mass is 425 g/mol. The van der Waals surface area contributed by atoms with Crippen molar-refractivity contribution in [2.75, 3.05) is 20.2 Å². The van der Waals surface area contributed by atoms with E-state index in [1.165, 1.54) is 12.1 Å². The number of carbonyl (C=O) groups is 1. The lowest BCUT2D eigenvalue weighted by Crippen LogP contribution is -2.53. The molecule has 0 aromatic heterocycles. The molecule has 3 rings (SSSR count). The third-order valence-electron chi connectivity index (χ3n) is 6.53. The van der Waals surface area contributed by atoms with E-state index in [9.17, 15) is 9.18 Å². The molecule has 1 fully saturated rings. The van der Waals surface area contributed by atoms with Crippen LogP contribution in [0.5, 0.6) is 17.2 Å². The van der Waals surface area contributed by atoms with Gasteiger partial charge in [-0.05, 0) is 57.0 Å². The van der Waals surface area contributed by atoms with E-state index in [2.05, 4.69) is 25.3 Å². The van der Waals surface area contributed by atoms with Crippen LogP contribution >= 0.6 is 0 Å². The number of halogens is 1. The molecule has 0 spiro atoms. The molecule has 1 aliphatic rings. The third kappa shape index (κ3) is 4.67. The summed E-state index contributed by atoms with van der Waals surface area (Å²) in [7, 11) is 1.60. The van der Waals surface area contributed by atoms with Gasteiger partial charge in [-0.1, -0.05) is 19.1 Å². The highest BCUT2D eigenvalue weighted by atomic mass is 19.1. The lowest BCUT2D eigenvalue weighted by Gasteiger charge is -2.46. The highest BCUT2D eigenvalue weighted by Gasteiger charge is 2.45. The fourth-order valence-corrected chi connectivity index (χ4v) is 4.37. The molecule has 0 unspecified atom stereocenters. The van der Waals surface area contributed by atoms with Crippen LogP contribution in [-0.4, -0.2) is 36.4 Å². The molecule has 2 aromatic carbocycles. The van der Waals surface area contributed by atoms with Gasteiger partial charge in [0, 0.05) is 36.7 Å². The van der Waals surface area contributed by atoms with Crippen molar-refractivity contribution in [3.8, 4) is 17.2 Å². The summed E-state index contributed by atoms with van der Waals surface area (Å²) in [4.78, 5) is 15.7. The number of piperidine rings is 1. The van der Waals surface area contributed by atoms with Gasteiger partial charge in [0.05, 0.1) is 12.5 Å². The average Bonchev–Trinajstić information content (AvgIpc) is 2.80. The minimum Gasteiger partial charge on any atom is -0.497 e. The van der Waals surface area contributed by atoms with Crippen molar-refractivity contribution in [1.82, 2.24) is 4.90 Å². The van der Waals surface area contributed by atoms with Crippen LogP contribution in [0.15, 0.2) is 55.1 Å². The first-order valence-corrected chi connectivity index (χ1v) is 10.8. The molecule has 4 nitrogen and oxygen atoms in total. The molecule has 1 saturated heterocycles. The van der Waals surface area contributed by atoms with Crippen molar-refractivity contribution >= 4 is 5.78 Å². The van der Waals surface area contributed by atoms with Crippen LogP contribution in [0.4, 0.5) is 4.39 Å². The summed E-state index contributed by atoms with van der Waals surface area (Å²) in [5.74, 6) is 1.61. The Labute approximate surface area is 184 Å². The summed E-state index contributed by atoms with van der Waals surface area (Å²) < 4.78 is 24.9. The number of methoxy groups -OCH3 is 1. The smallest absolute Gasteiger partial charge is 0.143 e. The Kier molecular flexibility index (Phi) is 6.85. The van der Waals surface area contributed by atoms with E-state index in [0.29, 0.717) is 36.5 Å². The largest absolute Gasteiger partial charge is 0.497 e. The van der Waals surface area contributed by atoms with E-state index in [1.807, 2.05) is 31.2 Å². The summed E-state index contributed by atoms with van der Waals surface area (Å²) in [6.45, 7) is 11.7. The van der Waals surface area contributed by atoms with Crippen LogP contribution in [0, 0.1) is 5.82 Å². The van der Waals surface area contributed by atoms with E-state index in [4.69, 9.17) is 9.47 Å². The zero-order chi connectivity index (χ0) is 22.6. The molecule has 0 radical (unpaired) electrons. The Balaban J connectivity index is 2.03. The molecule has 2 aromatic rings. The van der Waals surface area contributed by atoms with Gasteiger partial charge in [-0.15, -0.1) is 6.58 Å². The van der Waals surface area contributed by atoms with Crippen molar-refractivity contribution in [1.29, 1.82) is 0 Å². The van der Waals surface area contributed by atoms with E-state index >= 15 is 0 Å². The first kappa shape index (κ1) is 23.0. The van der Waals surface area contributed by atoms with Crippen LogP contribution in [0.3, 0.4) is 0 Å². The molecular formula is C26H32FNO3. The Hall–Kier alpha value is -2.66. The van der Waals surface area contributed by atoms with E-state index in [0.717, 1.165) is 18.7 Å². The Bertz CT molecular complexity index is 928. The molecule has 166 valence electrons. The summed E-state index contributed by atoms with van der Waals surface area (Å²) >= 11 is 0. The second-order valence-corrected chi connectivity index (χ2v) is 8.62. The quantitative estimate of drug-likeness (QED) is 0.493.